The van der Waals surface area contributed by atoms with Crippen LogP contribution < -0.4 is 0 Å². The second-order valence-electron chi connectivity index (χ2n) is 5.44. The maximum absolute atomic E-state index is 2.47. The number of benzene rings is 1. The van der Waals surface area contributed by atoms with E-state index >= 15 is 0 Å². The molecule has 0 amide bonds. The Kier molecular flexibility index (Phi) is 2.12. The Bertz CT molecular complexity index is 307. The third-order valence-electron chi connectivity index (χ3n) is 3.65. The predicted molar refractivity (Wildman–Crippen MR) is 64.1 cm³/mol. The summed E-state index contributed by atoms with van der Waals surface area (Å²) in [5, 5.41) is 0. The van der Waals surface area contributed by atoms with Crippen molar-refractivity contribution in [2.75, 3.05) is 0 Å². The first-order valence-corrected chi connectivity index (χ1v) is 6.19. The molecule has 0 aliphatic heterocycles. The van der Waals surface area contributed by atoms with E-state index in [1.807, 2.05) is 0 Å². The molecule has 2 aliphatic rings. The quantitative estimate of drug-likeness (QED) is 0.676. The van der Waals surface area contributed by atoms with E-state index in [-0.39, 0.29) is 0 Å². The summed E-state index contributed by atoms with van der Waals surface area (Å²) >= 11 is 0. The van der Waals surface area contributed by atoms with Gasteiger partial charge in [0.2, 0.25) is 0 Å². The first-order chi connectivity index (χ1) is 7.24. The molecular weight excluding hydrogens is 180 g/mol. The van der Waals surface area contributed by atoms with E-state index in [9.17, 15) is 0 Å². The molecule has 0 saturated heterocycles. The van der Waals surface area contributed by atoms with Gasteiger partial charge in [-0.3, -0.25) is 0 Å². The second-order valence-corrected chi connectivity index (χ2v) is 5.44. The maximum Gasteiger partial charge on any atom is -0.00118 e. The van der Waals surface area contributed by atoms with Crippen LogP contribution in [-0.4, -0.2) is 0 Å². The van der Waals surface area contributed by atoms with Crippen molar-refractivity contribution < 1.29 is 0 Å². The monoisotopic (exact) mass is 199 g/mol. The minimum atomic E-state index is 0.891. The molecule has 1 aromatic rings. The highest BCUT2D eigenvalue weighted by molar-refractivity contribution is 5.42. The lowest BCUT2D eigenvalue weighted by Gasteiger charge is -2.11. The van der Waals surface area contributed by atoms with Crippen LogP contribution in [0.2, 0.25) is 0 Å². The van der Waals surface area contributed by atoms with Gasteiger partial charge < -0.3 is 0 Å². The van der Waals surface area contributed by atoms with Gasteiger partial charge in [0, 0.05) is 0 Å². The first kappa shape index (κ1) is 9.45. The molecule has 0 aromatic heterocycles. The van der Waals surface area contributed by atoms with Crippen LogP contribution in [0, 0.1) is 5.92 Å². The van der Waals surface area contributed by atoms with Gasteiger partial charge in [-0.15, -0.1) is 0 Å². The molecule has 2 fully saturated rings. The average Bonchev–Trinajstić information content (AvgIpc) is 3.06. The Labute approximate surface area is 92.7 Å². The zero-order valence-electron chi connectivity index (χ0n) is 9.72. The van der Waals surface area contributed by atoms with Crippen LogP contribution in [-0.2, 0) is 0 Å². The fraction of sp³-hybridized carbons (Fsp3) is 0.533. The van der Waals surface area contributed by atoms with Crippen molar-refractivity contribution >= 4 is 0 Å². The fourth-order valence-corrected chi connectivity index (χ4v) is 2.27. The Morgan fingerprint density at radius 3 is 1.67 bits per heavy atom. The molecule has 15 heavy (non-hydrogen) atoms. The van der Waals surface area contributed by atoms with Crippen LogP contribution in [0.5, 0.6) is 0 Å². The zero-order valence-corrected chi connectivity index (χ0v) is 9.72. The molecular formula is C15H19. The van der Waals surface area contributed by atoms with Gasteiger partial charge in [-0.25, -0.2) is 0 Å². The van der Waals surface area contributed by atoms with Crippen molar-refractivity contribution in [2.24, 2.45) is 0 Å². The van der Waals surface area contributed by atoms with Gasteiger partial charge in [-0.1, -0.05) is 32.0 Å². The molecule has 0 heteroatoms. The van der Waals surface area contributed by atoms with Crippen LogP contribution in [0.15, 0.2) is 18.2 Å². The lowest BCUT2D eigenvalue weighted by Crippen LogP contribution is -1.94. The topological polar surface area (TPSA) is 0 Å². The predicted octanol–water partition coefficient (Wildman–Crippen LogP) is 4.40. The van der Waals surface area contributed by atoms with E-state index in [0.717, 1.165) is 11.8 Å². The summed E-state index contributed by atoms with van der Waals surface area (Å²) < 4.78 is 0. The minimum Gasteiger partial charge on any atom is -0.0552 e. The van der Waals surface area contributed by atoms with Crippen molar-refractivity contribution in [2.45, 2.75) is 51.4 Å². The Hall–Kier alpha value is -0.780. The highest BCUT2D eigenvalue weighted by atomic mass is 14.3. The van der Waals surface area contributed by atoms with Crippen LogP contribution in [0.1, 0.15) is 68.1 Å². The van der Waals surface area contributed by atoms with Gasteiger partial charge in [0.15, 0.2) is 0 Å². The van der Waals surface area contributed by atoms with E-state index in [1.54, 1.807) is 11.1 Å². The standard InChI is InChI=1S/C15H19/c1-10(2)13-7-14(11-3-4-11)9-15(8-13)12-5-6-12/h7-9,11-12H,3-6H2,1-2H3. The average molecular weight is 199 g/mol. The van der Waals surface area contributed by atoms with Crippen molar-refractivity contribution in [3.05, 3.63) is 40.8 Å². The van der Waals surface area contributed by atoms with Gasteiger partial charge >= 0.3 is 0 Å². The molecule has 79 valence electrons. The molecule has 0 unspecified atom stereocenters. The number of hydrogen-bond donors (Lipinski definition) is 0. The first-order valence-electron chi connectivity index (χ1n) is 6.19. The van der Waals surface area contributed by atoms with Crippen molar-refractivity contribution in [3.8, 4) is 0 Å². The number of rotatable bonds is 3. The van der Waals surface area contributed by atoms with E-state index in [1.165, 1.54) is 37.2 Å². The lowest BCUT2D eigenvalue weighted by atomic mass is 9.94. The SMILES string of the molecule is C[C](C)c1cc(C2CC2)cc(C2CC2)c1. The Balaban J connectivity index is 1.99. The molecule has 2 aliphatic carbocycles. The third kappa shape index (κ3) is 1.95. The van der Waals surface area contributed by atoms with E-state index in [2.05, 4.69) is 32.0 Å². The van der Waals surface area contributed by atoms with Crippen LogP contribution in [0.3, 0.4) is 0 Å². The smallest absolute Gasteiger partial charge is 0.00118 e. The van der Waals surface area contributed by atoms with Gasteiger partial charge in [-0.05, 0) is 60.1 Å². The van der Waals surface area contributed by atoms with Gasteiger partial charge in [0.05, 0.1) is 0 Å². The van der Waals surface area contributed by atoms with Gasteiger partial charge in [0.1, 0.15) is 0 Å². The zero-order chi connectivity index (χ0) is 10.4. The van der Waals surface area contributed by atoms with Crippen LogP contribution in [0.25, 0.3) is 0 Å². The van der Waals surface area contributed by atoms with Crippen molar-refractivity contribution in [1.82, 2.24) is 0 Å². The second kappa shape index (κ2) is 3.37. The van der Waals surface area contributed by atoms with Crippen LogP contribution >= 0.6 is 0 Å². The van der Waals surface area contributed by atoms with Crippen molar-refractivity contribution in [1.29, 1.82) is 0 Å². The maximum atomic E-state index is 2.47. The summed E-state index contributed by atoms with van der Waals surface area (Å²) in [6.07, 6.45) is 5.65. The lowest BCUT2D eigenvalue weighted by molar-refractivity contribution is 1.04. The summed E-state index contributed by atoms with van der Waals surface area (Å²) in [5.41, 5.74) is 4.69. The minimum absolute atomic E-state index is 0.891. The van der Waals surface area contributed by atoms with Crippen molar-refractivity contribution in [3.63, 3.8) is 0 Å². The molecule has 0 N–H and O–H groups in total. The molecule has 0 atom stereocenters. The van der Waals surface area contributed by atoms with Gasteiger partial charge in [0.25, 0.3) is 0 Å². The molecule has 2 saturated carbocycles. The van der Waals surface area contributed by atoms with E-state index in [0.29, 0.717) is 0 Å². The summed E-state index contributed by atoms with van der Waals surface area (Å²) in [6, 6.07) is 7.31. The molecule has 1 radical (unpaired) electrons. The Morgan fingerprint density at radius 1 is 0.867 bits per heavy atom. The molecule has 3 rings (SSSR count). The summed E-state index contributed by atoms with van der Waals surface area (Å²) in [4.78, 5) is 0. The molecule has 0 nitrogen and oxygen atoms in total. The van der Waals surface area contributed by atoms with E-state index < -0.39 is 0 Å². The fourth-order valence-electron chi connectivity index (χ4n) is 2.27. The summed E-state index contributed by atoms with van der Waals surface area (Å²) in [6.45, 7) is 4.45. The van der Waals surface area contributed by atoms with Crippen LogP contribution in [0.4, 0.5) is 0 Å². The molecule has 0 heterocycles. The largest absolute Gasteiger partial charge is 0.0552 e. The molecule has 1 aromatic carbocycles. The molecule has 0 bridgehead atoms. The molecule has 0 spiro atoms. The number of hydrogen-bond acceptors (Lipinski definition) is 0. The summed E-state index contributed by atoms with van der Waals surface area (Å²) in [5.74, 6) is 3.24. The van der Waals surface area contributed by atoms with Gasteiger partial charge in [-0.2, -0.15) is 0 Å². The highest BCUT2D eigenvalue weighted by Gasteiger charge is 2.28. The third-order valence-corrected chi connectivity index (χ3v) is 3.65. The highest BCUT2D eigenvalue weighted by Crippen LogP contribution is 2.45. The van der Waals surface area contributed by atoms with E-state index in [4.69, 9.17) is 0 Å². The normalized spacial score (nSPS) is 21.0. The Morgan fingerprint density at radius 2 is 1.33 bits per heavy atom. The summed E-state index contributed by atoms with van der Waals surface area (Å²) in [7, 11) is 0.